The fourth-order valence-electron chi connectivity index (χ4n) is 1.31. The molecule has 0 saturated heterocycles. The minimum Gasteiger partial charge on any atom is -0.460 e. The van der Waals surface area contributed by atoms with E-state index in [9.17, 15) is 4.79 Å². The Kier molecular flexibility index (Phi) is 3.70. The van der Waals surface area contributed by atoms with Crippen LogP contribution >= 0.6 is 0 Å². The molecule has 0 saturated carbocycles. The van der Waals surface area contributed by atoms with Gasteiger partial charge in [-0.2, -0.15) is 0 Å². The van der Waals surface area contributed by atoms with Gasteiger partial charge in [0.15, 0.2) is 0 Å². The Balaban J connectivity index is 2.67. The second kappa shape index (κ2) is 4.65. The molecular formula is C11H18N2O3. The highest BCUT2D eigenvalue weighted by Gasteiger charge is 2.18. The maximum Gasteiger partial charge on any atom is 0.313 e. The van der Waals surface area contributed by atoms with E-state index in [1.807, 2.05) is 20.8 Å². The van der Waals surface area contributed by atoms with Gasteiger partial charge in [-0.3, -0.25) is 4.79 Å². The second-order valence-electron chi connectivity index (χ2n) is 4.65. The number of esters is 1. The summed E-state index contributed by atoms with van der Waals surface area (Å²) in [5.74, 6) is 0.281. The Morgan fingerprint density at radius 1 is 1.56 bits per heavy atom. The third-order valence-electron chi connectivity index (χ3n) is 2.07. The minimum atomic E-state index is -0.484. The number of hydrogen-bond donors (Lipinski definition) is 1. The van der Waals surface area contributed by atoms with Crippen molar-refractivity contribution in [1.82, 2.24) is 9.55 Å². The Labute approximate surface area is 95.1 Å². The number of aliphatic hydroxyl groups excluding tert-OH is 1. The van der Waals surface area contributed by atoms with Crippen LogP contribution in [0.3, 0.4) is 0 Å². The lowest BCUT2D eigenvalue weighted by atomic mass is 10.2. The van der Waals surface area contributed by atoms with Crippen LogP contribution in [0, 0.1) is 0 Å². The molecule has 0 aromatic carbocycles. The summed E-state index contributed by atoms with van der Waals surface area (Å²) in [7, 11) is 1.76. The van der Waals surface area contributed by atoms with Gasteiger partial charge in [0.2, 0.25) is 0 Å². The Bertz CT molecular complexity index is 377. The van der Waals surface area contributed by atoms with E-state index < -0.39 is 5.60 Å². The lowest BCUT2D eigenvalue weighted by Crippen LogP contribution is -2.25. The van der Waals surface area contributed by atoms with E-state index in [2.05, 4.69) is 4.98 Å². The number of nitrogens with zero attached hydrogens (tertiary/aromatic N) is 2. The largest absolute Gasteiger partial charge is 0.460 e. The molecule has 0 spiro atoms. The number of ether oxygens (including phenoxy) is 1. The summed E-state index contributed by atoms with van der Waals surface area (Å²) in [6, 6.07) is 0. The van der Waals surface area contributed by atoms with Crippen LogP contribution in [-0.2, 0) is 29.6 Å². The molecular weight excluding hydrogens is 208 g/mol. The summed E-state index contributed by atoms with van der Waals surface area (Å²) < 4.78 is 6.88. The van der Waals surface area contributed by atoms with Crippen LogP contribution in [0.5, 0.6) is 0 Å². The number of carbonyl (C=O) groups excluding carboxylic acids is 1. The Morgan fingerprint density at radius 3 is 2.62 bits per heavy atom. The molecule has 0 bridgehead atoms. The molecule has 1 heterocycles. The Hall–Kier alpha value is -1.36. The van der Waals surface area contributed by atoms with Gasteiger partial charge in [0.1, 0.15) is 17.8 Å². The summed E-state index contributed by atoms with van der Waals surface area (Å²) >= 11 is 0. The molecule has 0 amide bonds. The topological polar surface area (TPSA) is 64.3 Å². The summed E-state index contributed by atoms with van der Waals surface area (Å²) in [5.41, 5.74) is 0.195. The smallest absolute Gasteiger partial charge is 0.313 e. The number of aromatic nitrogens is 2. The number of rotatable bonds is 3. The van der Waals surface area contributed by atoms with Crippen molar-refractivity contribution < 1.29 is 14.6 Å². The van der Waals surface area contributed by atoms with Crippen LogP contribution in [0.15, 0.2) is 6.20 Å². The van der Waals surface area contributed by atoms with Gasteiger partial charge in [0, 0.05) is 7.05 Å². The molecule has 0 aliphatic heterocycles. The van der Waals surface area contributed by atoms with Gasteiger partial charge in [-0.25, -0.2) is 4.98 Å². The van der Waals surface area contributed by atoms with E-state index in [-0.39, 0.29) is 19.0 Å². The third-order valence-corrected chi connectivity index (χ3v) is 2.07. The highest BCUT2D eigenvalue weighted by atomic mass is 16.6. The maximum atomic E-state index is 11.5. The van der Waals surface area contributed by atoms with Crippen molar-refractivity contribution in [1.29, 1.82) is 0 Å². The molecule has 90 valence electrons. The van der Waals surface area contributed by atoms with Crippen molar-refractivity contribution in [2.75, 3.05) is 0 Å². The van der Waals surface area contributed by atoms with Crippen molar-refractivity contribution in [3.63, 3.8) is 0 Å². The first-order valence-corrected chi connectivity index (χ1v) is 5.15. The molecule has 1 N–H and O–H groups in total. The van der Waals surface area contributed by atoms with Gasteiger partial charge in [0.25, 0.3) is 0 Å². The van der Waals surface area contributed by atoms with Gasteiger partial charge < -0.3 is 14.4 Å². The predicted molar refractivity (Wildman–Crippen MR) is 58.7 cm³/mol. The molecule has 5 heteroatoms. The molecule has 0 atom stereocenters. The number of carbonyl (C=O) groups is 1. The van der Waals surface area contributed by atoms with Gasteiger partial charge in [-0.15, -0.1) is 0 Å². The molecule has 1 rings (SSSR count). The third kappa shape index (κ3) is 3.34. The van der Waals surface area contributed by atoms with Crippen LogP contribution in [0.1, 0.15) is 32.3 Å². The first kappa shape index (κ1) is 12.7. The fourth-order valence-corrected chi connectivity index (χ4v) is 1.31. The molecule has 16 heavy (non-hydrogen) atoms. The zero-order chi connectivity index (χ0) is 12.3. The van der Waals surface area contributed by atoms with Crippen LogP contribution in [-0.4, -0.2) is 26.2 Å². The molecule has 0 aliphatic rings. The monoisotopic (exact) mass is 226 g/mol. The number of aliphatic hydroxyl groups is 1. The van der Waals surface area contributed by atoms with E-state index in [1.54, 1.807) is 17.8 Å². The molecule has 1 aromatic rings. The summed E-state index contributed by atoms with van der Waals surface area (Å²) in [4.78, 5) is 15.6. The van der Waals surface area contributed by atoms with Crippen molar-refractivity contribution in [2.24, 2.45) is 7.05 Å². The van der Waals surface area contributed by atoms with Gasteiger partial charge in [-0.1, -0.05) is 0 Å². The van der Waals surface area contributed by atoms with Gasteiger partial charge in [-0.05, 0) is 20.8 Å². The fraction of sp³-hybridized carbons (Fsp3) is 0.636. The predicted octanol–water partition coefficient (Wildman–Crippen LogP) is 0.797. The minimum absolute atomic E-state index is 0.0855. The first-order chi connectivity index (χ1) is 7.33. The van der Waals surface area contributed by atoms with E-state index in [0.717, 1.165) is 0 Å². The maximum absolute atomic E-state index is 11.5. The first-order valence-electron chi connectivity index (χ1n) is 5.15. The Morgan fingerprint density at radius 2 is 2.19 bits per heavy atom. The van der Waals surface area contributed by atoms with E-state index in [0.29, 0.717) is 11.5 Å². The van der Waals surface area contributed by atoms with Gasteiger partial charge >= 0.3 is 5.97 Å². The van der Waals surface area contributed by atoms with Crippen LogP contribution in [0.2, 0.25) is 0 Å². The standard InChI is InChI=1S/C11H18N2O3/c1-11(2,3)16-10(15)5-9-12-6-8(7-14)13(9)4/h6,14H,5,7H2,1-4H3. The second-order valence-corrected chi connectivity index (χ2v) is 4.65. The van der Waals surface area contributed by atoms with E-state index in [4.69, 9.17) is 9.84 Å². The van der Waals surface area contributed by atoms with Crippen LogP contribution in [0.25, 0.3) is 0 Å². The van der Waals surface area contributed by atoms with Crippen molar-refractivity contribution >= 4 is 5.97 Å². The van der Waals surface area contributed by atoms with Gasteiger partial charge in [0.05, 0.1) is 18.5 Å². The quantitative estimate of drug-likeness (QED) is 0.774. The van der Waals surface area contributed by atoms with Crippen LogP contribution in [0.4, 0.5) is 0 Å². The highest BCUT2D eigenvalue weighted by molar-refractivity contribution is 5.72. The van der Waals surface area contributed by atoms with Crippen LogP contribution < -0.4 is 0 Å². The summed E-state index contributed by atoms with van der Waals surface area (Å²) in [5, 5.41) is 8.98. The highest BCUT2D eigenvalue weighted by Crippen LogP contribution is 2.10. The number of hydrogen-bond acceptors (Lipinski definition) is 4. The molecule has 0 unspecified atom stereocenters. The van der Waals surface area contributed by atoms with Crippen molar-refractivity contribution in [2.45, 2.75) is 39.4 Å². The molecule has 0 aliphatic carbocycles. The molecule has 5 nitrogen and oxygen atoms in total. The average molecular weight is 226 g/mol. The molecule has 1 aromatic heterocycles. The lowest BCUT2D eigenvalue weighted by molar-refractivity contribution is -0.154. The van der Waals surface area contributed by atoms with E-state index >= 15 is 0 Å². The zero-order valence-electron chi connectivity index (χ0n) is 10.1. The van der Waals surface area contributed by atoms with Crippen molar-refractivity contribution in [3.8, 4) is 0 Å². The molecule has 0 fully saturated rings. The summed E-state index contributed by atoms with van der Waals surface area (Å²) in [6.45, 7) is 5.38. The lowest BCUT2D eigenvalue weighted by Gasteiger charge is -2.19. The summed E-state index contributed by atoms with van der Waals surface area (Å²) in [6.07, 6.45) is 1.67. The van der Waals surface area contributed by atoms with E-state index in [1.165, 1.54) is 0 Å². The van der Waals surface area contributed by atoms with Crippen molar-refractivity contribution in [3.05, 3.63) is 17.7 Å². The molecule has 0 radical (unpaired) electrons. The number of imidazole rings is 1. The average Bonchev–Trinajstić information content (AvgIpc) is 2.44. The normalized spacial score (nSPS) is 11.6. The SMILES string of the molecule is Cn1c(CO)cnc1CC(=O)OC(C)(C)C. The zero-order valence-corrected chi connectivity index (χ0v) is 10.1.